The molecular weight excluding hydrogens is 136 g/mol. The molecule has 2 heteroatoms. The third-order valence-electron chi connectivity index (χ3n) is 2.30. The van der Waals surface area contributed by atoms with Gasteiger partial charge in [-0.05, 0) is 26.1 Å². The maximum atomic E-state index is 3.40. The Morgan fingerprint density at radius 2 is 1.91 bits per heavy atom. The fraction of sp³-hybridized carbons (Fsp3) is 1.00. The van der Waals surface area contributed by atoms with Crippen LogP contribution < -0.4 is 5.32 Å². The lowest BCUT2D eigenvalue weighted by molar-refractivity contribution is 0.224. The maximum Gasteiger partial charge on any atom is 0.0207 e. The van der Waals surface area contributed by atoms with Crippen molar-refractivity contribution < 1.29 is 0 Å². The van der Waals surface area contributed by atoms with E-state index in [2.05, 4.69) is 24.1 Å². The van der Waals surface area contributed by atoms with Gasteiger partial charge in [-0.1, -0.05) is 21.3 Å². The van der Waals surface area contributed by atoms with Crippen LogP contribution in [-0.2, 0) is 0 Å². The first kappa shape index (κ1) is 10.9. The molecule has 1 fully saturated rings. The summed E-state index contributed by atoms with van der Waals surface area (Å²) >= 11 is 0. The SMILES string of the molecule is C.CCN(CC)CC1CCN1. The lowest BCUT2D eigenvalue weighted by Gasteiger charge is -2.32. The summed E-state index contributed by atoms with van der Waals surface area (Å²) in [5.74, 6) is 0. The number of nitrogens with one attached hydrogen (secondary N) is 1. The highest BCUT2D eigenvalue weighted by Crippen LogP contribution is 2.03. The molecule has 1 saturated heterocycles. The second kappa shape index (κ2) is 5.56. The Hall–Kier alpha value is -0.0800. The minimum absolute atomic E-state index is 0. The number of nitrogens with zero attached hydrogens (tertiary/aromatic N) is 1. The van der Waals surface area contributed by atoms with Crippen molar-refractivity contribution in [3.63, 3.8) is 0 Å². The second-order valence-electron chi connectivity index (χ2n) is 2.93. The molecule has 0 aromatic heterocycles. The molecule has 1 heterocycles. The highest BCUT2D eigenvalue weighted by atomic mass is 15.2. The molecule has 0 aromatic rings. The molecular formula is C9H22N2. The van der Waals surface area contributed by atoms with E-state index in [-0.39, 0.29) is 7.43 Å². The summed E-state index contributed by atoms with van der Waals surface area (Å²) in [7, 11) is 0. The molecule has 0 saturated carbocycles. The fourth-order valence-corrected chi connectivity index (χ4v) is 1.30. The molecule has 1 N–H and O–H groups in total. The van der Waals surface area contributed by atoms with E-state index >= 15 is 0 Å². The highest BCUT2D eigenvalue weighted by molar-refractivity contribution is 4.79. The zero-order valence-electron chi connectivity index (χ0n) is 7.06. The monoisotopic (exact) mass is 158 g/mol. The van der Waals surface area contributed by atoms with E-state index in [4.69, 9.17) is 0 Å². The summed E-state index contributed by atoms with van der Waals surface area (Å²) in [5, 5.41) is 3.40. The molecule has 0 amide bonds. The molecule has 1 aliphatic heterocycles. The van der Waals surface area contributed by atoms with Crippen LogP contribution in [0.3, 0.4) is 0 Å². The van der Waals surface area contributed by atoms with Gasteiger partial charge in [0.25, 0.3) is 0 Å². The van der Waals surface area contributed by atoms with Crippen LogP contribution in [0.1, 0.15) is 27.7 Å². The Bertz CT molecular complexity index is 85.6. The first-order chi connectivity index (χ1) is 4.86. The summed E-state index contributed by atoms with van der Waals surface area (Å²) in [5.41, 5.74) is 0. The molecule has 0 bridgehead atoms. The molecule has 11 heavy (non-hydrogen) atoms. The van der Waals surface area contributed by atoms with E-state index in [1.807, 2.05) is 0 Å². The van der Waals surface area contributed by atoms with E-state index < -0.39 is 0 Å². The van der Waals surface area contributed by atoms with Gasteiger partial charge in [-0.25, -0.2) is 0 Å². The van der Waals surface area contributed by atoms with Crippen molar-refractivity contribution in [2.75, 3.05) is 26.2 Å². The van der Waals surface area contributed by atoms with Crippen LogP contribution in [0, 0.1) is 0 Å². The van der Waals surface area contributed by atoms with Gasteiger partial charge in [0, 0.05) is 12.6 Å². The lowest BCUT2D eigenvalue weighted by Crippen LogP contribution is -2.50. The molecule has 2 nitrogen and oxygen atoms in total. The molecule has 1 unspecified atom stereocenters. The molecule has 0 aromatic carbocycles. The minimum atomic E-state index is 0. The van der Waals surface area contributed by atoms with Gasteiger partial charge in [0.15, 0.2) is 0 Å². The van der Waals surface area contributed by atoms with Crippen LogP contribution in [0.4, 0.5) is 0 Å². The molecule has 1 aliphatic rings. The molecule has 0 spiro atoms. The number of hydrogen-bond acceptors (Lipinski definition) is 2. The standard InChI is InChI=1S/C8H18N2.CH4/c1-3-10(4-2)7-8-5-6-9-8;/h8-9H,3-7H2,1-2H3;1H4. The van der Waals surface area contributed by atoms with Crippen LogP contribution in [0.15, 0.2) is 0 Å². The van der Waals surface area contributed by atoms with Gasteiger partial charge in [-0.3, -0.25) is 0 Å². The van der Waals surface area contributed by atoms with Crippen molar-refractivity contribution in [2.45, 2.75) is 33.7 Å². The Labute approximate surface area is 71.0 Å². The summed E-state index contributed by atoms with van der Waals surface area (Å²) in [6, 6.07) is 0.792. The lowest BCUT2D eigenvalue weighted by atomic mass is 10.1. The number of likely N-dealkylation sites (N-methyl/N-ethyl adjacent to an activating group) is 1. The van der Waals surface area contributed by atoms with Gasteiger partial charge >= 0.3 is 0 Å². The van der Waals surface area contributed by atoms with E-state index in [0.717, 1.165) is 6.04 Å². The third-order valence-corrected chi connectivity index (χ3v) is 2.30. The molecule has 0 aliphatic carbocycles. The third kappa shape index (κ3) is 3.21. The summed E-state index contributed by atoms with van der Waals surface area (Å²) in [6.45, 7) is 9.30. The van der Waals surface area contributed by atoms with E-state index in [1.54, 1.807) is 0 Å². The van der Waals surface area contributed by atoms with Gasteiger partial charge in [-0.2, -0.15) is 0 Å². The fourth-order valence-electron chi connectivity index (χ4n) is 1.30. The number of rotatable bonds is 4. The largest absolute Gasteiger partial charge is 0.313 e. The first-order valence-electron chi connectivity index (χ1n) is 4.32. The summed E-state index contributed by atoms with van der Waals surface area (Å²) < 4.78 is 0. The van der Waals surface area contributed by atoms with Crippen molar-refractivity contribution in [2.24, 2.45) is 0 Å². The van der Waals surface area contributed by atoms with Crippen molar-refractivity contribution >= 4 is 0 Å². The van der Waals surface area contributed by atoms with E-state index in [0.29, 0.717) is 0 Å². The quantitative estimate of drug-likeness (QED) is 0.664. The van der Waals surface area contributed by atoms with Gasteiger partial charge in [0.2, 0.25) is 0 Å². The number of hydrogen-bond donors (Lipinski definition) is 1. The predicted octanol–water partition coefficient (Wildman–Crippen LogP) is 1.33. The van der Waals surface area contributed by atoms with Crippen LogP contribution >= 0.6 is 0 Å². The van der Waals surface area contributed by atoms with Crippen molar-refractivity contribution in [1.29, 1.82) is 0 Å². The maximum absolute atomic E-state index is 3.40. The Morgan fingerprint density at radius 1 is 1.36 bits per heavy atom. The smallest absolute Gasteiger partial charge is 0.0207 e. The summed E-state index contributed by atoms with van der Waals surface area (Å²) in [6.07, 6.45) is 1.37. The average Bonchev–Trinajstić information content (AvgIpc) is 1.87. The van der Waals surface area contributed by atoms with Crippen LogP contribution in [0.2, 0.25) is 0 Å². The predicted molar refractivity (Wildman–Crippen MR) is 50.9 cm³/mol. The van der Waals surface area contributed by atoms with E-state index in [1.165, 1.54) is 32.6 Å². The Balaban J connectivity index is 0.000001000. The Morgan fingerprint density at radius 3 is 2.18 bits per heavy atom. The summed E-state index contributed by atoms with van der Waals surface area (Å²) in [4.78, 5) is 2.47. The zero-order chi connectivity index (χ0) is 7.40. The van der Waals surface area contributed by atoms with Gasteiger partial charge < -0.3 is 10.2 Å². The normalized spacial score (nSPS) is 22.6. The van der Waals surface area contributed by atoms with Crippen molar-refractivity contribution in [3.8, 4) is 0 Å². The van der Waals surface area contributed by atoms with E-state index in [9.17, 15) is 0 Å². The molecule has 0 radical (unpaired) electrons. The van der Waals surface area contributed by atoms with Crippen LogP contribution in [0.5, 0.6) is 0 Å². The van der Waals surface area contributed by atoms with Gasteiger partial charge in [-0.15, -0.1) is 0 Å². The minimum Gasteiger partial charge on any atom is -0.313 e. The highest BCUT2D eigenvalue weighted by Gasteiger charge is 2.17. The first-order valence-corrected chi connectivity index (χ1v) is 4.32. The van der Waals surface area contributed by atoms with Gasteiger partial charge in [0.1, 0.15) is 0 Å². The second-order valence-corrected chi connectivity index (χ2v) is 2.93. The Kier molecular flexibility index (Phi) is 5.51. The average molecular weight is 158 g/mol. The zero-order valence-corrected chi connectivity index (χ0v) is 7.06. The van der Waals surface area contributed by atoms with Crippen LogP contribution in [-0.4, -0.2) is 37.1 Å². The van der Waals surface area contributed by atoms with Gasteiger partial charge in [0.05, 0.1) is 0 Å². The van der Waals surface area contributed by atoms with Crippen molar-refractivity contribution in [3.05, 3.63) is 0 Å². The van der Waals surface area contributed by atoms with Crippen LogP contribution in [0.25, 0.3) is 0 Å². The van der Waals surface area contributed by atoms with Crippen molar-refractivity contribution in [1.82, 2.24) is 10.2 Å². The molecule has 68 valence electrons. The molecule has 1 atom stereocenters. The molecule has 1 rings (SSSR count). The topological polar surface area (TPSA) is 15.3 Å².